The van der Waals surface area contributed by atoms with Crippen LogP contribution >= 0.6 is 0 Å². The Morgan fingerprint density at radius 3 is 2.35 bits per heavy atom. The van der Waals surface area contributed by atoms with E-state index < -0.39 is 11.8 Å². The minimum absolute atomic E-state index is 0.0226. The molecule has 1 aromatic carbocycles. The average Bonchev–Trinajstić information content (AvgIpc) is 2.96. The molecule has 0 aliphatic rings. The third-order valence-electron chi connectivity index (χ3n) is 2.77. The standard InChI is InChI=1S/C14H8N2O4/c17-13(11-3-4-12(20-11)14(18)19)8-1-2-9-10(7-8)16-6-5-15-9/h1-7H,(H,18,19). The van der Waals surface area contributed by atoms with E-state index >= 15 is 0 Å². The van der Waals surface area contributed by atoms with Crippen molar-refractivity contribution in [1.29, 1.82) is 0 Å². The van der Waals surface area contributed by atoms with Crippen LogP contribution in [-0.4, -0.2) is 26.8 Å². The van der Waals surface area contributed by atoms with Crippen LogP contribution in [0.2, 0.25) is 0 Å². The molecule has 0 amide bonds. The number of fused-ring (bicyclic) bond motifs is 1. The summed E-state index contributed by atoms with van der Waals surface area (Å²) in [7, 11) is 0. The minimum Gasteiger partial charge on any atom is -0.475 e. The van der Waals surface area contributed by atoms with Crippen molar-refractivity contribution in [2.24, 2.45) is 0 Å². The predicted molar refractivity (Wildman–Crippen MR) is 68.6 cm³/mol. The first-order valence-corrected chi connectivity index (χ1v) is 5.74. The van der Waals surface area contributed by atoms with Gasteiger partial charge in [-0.25, -0.2) is 4.79 Å². The molecule has 6 nitrogen and oxygen atoms in total. The van der Waals surface area contributed by atoms with Crippen molar-refractivity contribution >= 4 is 22.8 Å². The first-order valence-electron chi connectivity index (χ1n) is 5.74. The van der Waals surface area contributed by atoms with Crippen LogP contribution in [0.25, 0.3) is 11.0 Å². The molecule has 0 aliphatic heterocycles. The van der Waals surface area contributed by atoms with Crippen LogP contribution in [0.4, 0.5) is 0 Å². The zero-order valence-electron chi connectivity index (χ0n) is 10.1. The second-order valence-corrected chi connectivity index (χ2v) is 4.06. The third-order valence-corrected chi connectivity index (χ3v) is 2.77. The van der Waals surface area contributed by atoms with Gasteiger partial charge in [-0.15, -0.1) is 0 Å². The van der Waals surface area contributed by atoms with Crippen LogP contribution in [0.5, 0.6) is 0 Å². The highest BCUT2D eigenvalue weighted by Gasteiger charge is 2.17. The van der Waals surface area contributed by atoms with Crippen molar-refractivity contribution in [2.75, 3.05) is 0 Å². The molecule has 0 unspecified atom stereocenters. The Bertz CT molecular complexity index is 823. The second-order valence-electron chi connectivity index (χ2n) is 4.06. The maximum Gasteiger partial charge on any atom is 0.371 e. The smallest absolute Gasteiger partial charge is 0.371 e. The molecule has 0 aliphatic carbocycles. The van der Waals surface area contributed by atoms with Crippen molar-refractivity contribution in [3.05, 3.63) is 59.8 Å². The molecule has 98 valence electrons. The lowest BCUT2D eigenvalue weighted by molar-refractivity contribution is 0.0660. The molecule has 0 bridgehead atoms. The van der Waals surface area contributed by atoms with E-state index in [0.29, 0.717) is 16.6 Å². The summed E-state index contributed by atoms with van der Waals surface area (Å²) in [4.78, 5) is 31.1. The van der Waals surface area contributed by atoms with Crippen LogP contribution in [0.1, 0.15) is 26.7 Å². The minimum atomic E-state index is -1.21. The first-order chi connectivity index (χ1) is 9.65. The summed E-state index contributed by atoms with van der Waals surface area (Å²) in [6, 6.07) is 7.45. The van der Waals surface area contributed by atoms with Crippen molar-refractivity contribution in [1.82, 2.24) is 9.97 Å². The van der Waals surface area contributed by atoms with Crippen LogP contribution in [0, 0.1) is 0 Å². The number of benzene rings is 1. The Balaban J connectivity index is 2.00. The number of hydrogen-bond acceptors (Lipinski definition) is 5. The molecule has 0 atom stereocenters. The zero-order chi connectivity index (χ0) is 14.1. The Morgan fingerprint density at radius 1 is 0.950 bits per heavy atom. The van der Waals surface area contributed by atoms with Crippen molar-refractivity contribution in [2.45, 2.75) is 0 Å². The van der Waals surface area contributed by atoms with Gasteiger partial charge in [0.15, 0.2) is 5.76 Å². The lowest BCUT2D eigenvalue weighted by Crippen LogP contribution is -2.00. The number of ketones is 1. The van der Waals surface area contributed by atoms with Gasteiger partial charge in [0.25, 0.3) is 0 Å². The van der Waals surface area contributed by atoms with Crippen LogP contribution < -0.4 is 0 Å². The molecule has 3 aromatic rings. The number of aromatic nitrogens is 2. The molecule has 20 heavy (non-hydrogen) atoms. The maximum atomic E-state index is 12.2. The van der Waals surface area contributed by atoms with E-state index in [9.17, 15) is 9.59 Å². The maximum absolute atomic E-state index is 12.2. The molecule has 0 saturated heterocycles. The Hall–Kier alpha value is -3.02. The number of aromatic carboxylic acids is 1. The summed E-state index contributed by atoms with van der Waals surface area (Å²) in [6.45, 7) is 0. The average molecular weight is 268 g/mol. The lowest BCUT2D eigenvalue weighted by Gasteiger charge is -2.00. The molecule has 0 saturated carbocycles. The molecule has 0 fully saturated rings. The van der Waals surface area contributed by atoms with E-state index in [2.05, 4.69) is 9.97 Å². The van der Waals surface area contributed by atoms with E-state index in [4.69, 9.17) is 9.52 Å². The number of carbonyl (C=O) groups excluding carboxylic acids is 1. The van der Waals surface area contributed by atoms with Gasteiger partial charge < -0.3 is 9.52 Å². The van der Waals surface area contributed by atoms with Crippen molar-refractivity contribution in [3.8, 4) is 0 Å². The van der Waals surface area contributed by atoms with Crippen molar-refractivity contribution < 1.29 is 19.1 Å². The fourth-order valence-corrected chi connectivity index (χ4v) is 1.82. The molecule has 1 N–H and O–H groups in total. The molecular formula is C14H8N2O4. The Kier molecular flexibility index (Phi) is 2.76. The Labute approximate surface area is 112 Å². The van der Waals surface area contributed by atoms with Gasteiger partial charge in [-0.1, -0.05) is 0 Å². The quantitative estimate of drug-likeness (QED) is 0.731. The molecule has 6 heteroatoms. The summed E-state index contributed by atoms with van der Waals surface area (Å²) >= 11 is 0. The van der Waals surface area contributed by atoms with E-state index in [1.807, 2.05) is 0 Å². The second kappa shape index (κ2) is 4.58. The number of hydrogen-bond donors (Lipinski definition) is 1. The van der Waals surface area contributed by atoms with Gasteiger partial charge in [-0.3, -0.25) is 14.8 Å². The van der Waals surface area contributed by atoms with Gasteiger partial charge in [0.2, 0.25) is 11.5 Å². The van der Waals surface area contributed by atoms with Crippen LogP contribution in [-0.2, 0) is 0 Å². The fourth-order valence-electron chi connectivity index (χ4n) is 1.82. The highest BCUT2D eigenvalue weighted by atomic mass is 16.4. The van der Waals surface area contributed by atoms with Gasteiger partial charge in [-0.2, -0.15) is 0 Å². The molecule has 0 radical (unpaired) electrons. The molecule has 2 heterocycles. The summed E-state index contributed by atoms with van der Waals surface area (Å²) in [5, 5.41) is 8.77. The summed E-state index contributed by atoms with van der Waals surface area (Å²) in [6.07, 6.45) is 3.10. The van der Waals surface area contributed by atoms with E-state index in [0.717, 1.165) is 0 Å². The van der Waals surface area contributed by atoms with Gasteiger partial charge in [-0.05, 0) is 30.3 Å². The first kappa shape index (κ1) is 12.0. The topological polar surface area (TPSA) is 93.3 Å². The predicted octanol–water partition coefficient (Wildman–Crippen LogP) is 2.15. The van der Waals surface area contributed by atoms with Crippen LogP contribution in [0.3, 0.4) is 0 Å². The normalized spacial score (nSPS) is 10.6. The van der Waals surface area contributed by atoms with Crippen LogP contribution in [0.15, 0.2) is 47.1 Å². The number of carboxylic acid groups (broad SMARTS) is 1. The lowest BCUT2D eigenvalue weighted by atomic mass is 10.1. The largest absolute Gasteiger partial charge is 0.475 e. The number of rotatable bonds is 3. The van der Waals surface area contributed by atoms with E-state index in [1.165, 1.54) is 18.3 Å². The van der Waals surface area contributed by atoms with Crippen molar-refractivity contribution in [3.63, 3.8) is 0 Å². The van der Waals surface area contributed by atoms with Gasteiger partial charge >= 0.3 is 5.97 Å². The summed E-state index contributed by atoms with van der Waals surface area (Å²) < 4.78 is 4.99. The van der Waals surface area contributed by atoms with Gasteiger partial charge in [0.1, 0.15) is 0 Å². The van der Waals surface area contributed by atoms with E-state index in [-0.39, 0.29) is 11.5 Å². The van der Waals surface area contributed by atoms with E-state index in [1.54, 1.807) is 24.4 Å². The number of carboxylic acids is 1. The molecule has 0 spiro atoms. The monoisotopic (exact) mass is 268 g/mol. The molecule has 3 rings (SSSR count). The summed E-state index contributed by atoms with van der Waals surface area (Å²) in [5.74, 6) is -1.90. The number of carbonyl (C=O) groups is 2. The highest BCUT2D eigenvalue weighted by Crippen LogP contribution is 2.17. The van der Waals surface area contributed by atoms with Gasteiger partial charge in [0, 0.05) is 18.0 Å². The number of furan rings is 1. The number of nitrogens with zero attached hydrogens (tertiary/aromatic N) is 2. The third kappa shape index (κ3) is 2.03. The highest BCUT2D eigenvalue weighted by molar-refractivity contribution is 6.08. The molecule has 2 aromatic heterocycles. The SMILES string of the molecule is O=C(O)c1ccc(C(=O)c2ccc3nccnc3c2)o1. The zero-order valence-corrected chi connectivity index (χ0v) is 10.1. The fraction of sp³-hybridized carbons (Fsp3) is 0. The van der Waals surface area contributed by atoms with Gasteiger partial charge in [0.05, 0.1) is 11.0 Å². The Morgan fingerprint density at radius 2 is 1.65 bits per heavy atom. The molecular weight excluding hydrogens is 260 g/mol. The summed E-state index contributed by atoms with van der Waals surface area (Å²) in [5.41, 5.74) is 1.63.